The number of piperidine rings is 1. The Morgan fingerprint density at radius 2 is 2.00 bits per heavy atom. The van der Waals surface area contributed by atoms with Gasteiger partial charge in [-0.25, -0.2) is 0 Å². The number of carbonyl (C=O) groups excluding carboxylic acids is 1. The van der Waals surface area contributed by atoms with Crippen molar-refractivity contribution < 1.29 is 14.7 Å². The second-order valence-electron chi connectivity index (χ2n) is 7.27. The van der Waals surface area contributed by atoms with Gasteiger partial charge in [0, 0.05) is 25.9 Å². The quantitative estimate of drug-likeness (QED) is 0.898. The van der Waals surface area contributed by atoms with Crippen molar-refractivity contribution in [3.63, 3.8) is 0 Å². The van der Waals surface area contributed by atoms with Gasteiger partial charge < -0.3 is 10.0 Å². The summed E-state index contributed by atoms with van der Waals surface area (Å²) in [6, 6.07) is 8.53. The molecule has 0 radical (unpaired) electrons. The molecule has 0 unspecified atom stereocenters. The molecule has 3 rings (SSSR count). The third kappa shape index (κ3) is 4.16. The zero-order valence-electron chi connectivity index (χ0n) is 14.2. The van der Waals surface area contributed by atoms with Gasteiger partial charge in [0.1, 0.15) is 0 Å². The van der Waals surface area contributed by atoms with Gasteiger partial charge in [-0.15, -0.1) is 0 Å². The molecule has 0 saturated carbocycles. The molecule has 1 saturated heterocycles. The van der Waals surface area contributed by atoms with Crippen LogP contribution < -0.4 is 0 Å². The fraction of sp³-hybridized carbons (Fsp3) is 0.600. The molecule has 4 nitrogen and oxygen atoms in total. The lowest BCUT2D eigenvalue weighted by Gasteiger charge is -2.34. The molecule has 130 valence electrons. The van der Waals surface area contributed by atoms with Crippen LogP contribution in [-0.4, -0.2) is 35.0 Å². The molecule has 0 aromatic heterocycles. The summed E-state index contributed by atoms with van der Waals surface area (Å²) in [5.41, 5.74) is 2.76. The lowest BCUT2D eigenvalue weighted by atomic mass is 9.80. The number of aliphatic carboxylic acids is 1. The summed E-state index contributed by atoms with van der Waals surface area (Å²) in [7, 11) is 0. The summed E-state index contributed by atoms with van der Waals surface area (Å²) in [6.07, 6.45) is 6.93. The number of rotatable bonds is 5. The number of carboxylic acids is 1. The SMILES string of the molecule is O=C(O)CC[C@@H]1CCCN(C(=O)C[C@H]2CCCc3ccccc32)C1. The Hall–Kier alpha value is -1.84. The van der Waals surface area contributed by atoms with Crippen molar-refractivity contribution in [1.82, 2.24) is 4.90 Å². The number of fused-ring (bicyclic) bond motifs is 1. The summed E-state index contributed by atoms with van der Waals surface area (Å²) in [4.78, 5) is 25.5. The Balaban J connectivity index is 1.58. The largest absolute Gasteiger partial charge is 0.481 e. The van der Waals surface area contributed by atoms with E-state index in [1.807, 2.05) is 4.90 Å². The molecular weight excluding hydrogens is 302 g/mol. The van der Waals surface area contributed by atoms with Crippen molar-refractivity contribution in [2.24, 2.45) is 5.92 Å². The van der Waals surface area contributed by atoms with E-state index in [-0.39, 0.29) is 12.3 Å². The van der Waals surface area contributed by atoms with E-state index in [9.17, 15) is 9.59 Å². The molecule has 4 heteroatoms. The fourth-order valence-corrected chi connectivity index (χ4v) is 4.26. The van der Waals surface area contributed by atoms with Crippen molar-refractivity contribution in [1.29, 1.82) is 0 Å². The summed E-state index contributed by atoms with van der Waals surface area (Å²) in [5.74, 6) is 0.202. The minimum Gasteiger partial charge on any atom is -0.481 e. The van der Waals surface area contributed by atoms with Gasteiger partial charge in [-0.05, 0) is 61.5 Å². The van der Waals surface area contributed by atoms with Crippen LogP contribution in [0.5, 0.6) is 0 Å². The smallest absolute Gasteiger partial charge is 0.303 e. The Bertz CT molecular complexity index is 598. The number of nitrogens with zero attached hydrogens (tertiary/aromatic N) is 1. The number of likely N-dealkylation sites (tertiary alicyclic amines) is 1. The standard InChI is InChI=1S/C20H27NO3/c22-19(21-12-4-5-15(14-21)10-11-20(23)24)13-17-8-3-7-16-6-1-2-9-18(16)17/h1-2,6,9,15,17H,3-5,7-8,10-14H2,(H,23,24)/t15-,17+/m0/s1. The molecule has 1 aromatic rings. The van der Waals surface area contributed by atoms with Gasteiger partial charge in [-0.3, -0.25) is 9.59 Å². The van der Waals surface area contributed by atoms with E-state index in [0.717, 1.165) is 45.2 Å². The molecule has 1 aromatic carbocycles. The molecule has 1 aliphatic carbocycles. The number of amides is 1. The zero-order chi connectivity index (χ0) is 16.9. The lowest BCUT2D eigenvalue weighted by molar-refractivity contribution is -0.137. The first kappa shape index (κ1) is 17.0. The van der Waals surface area contributed by atoms with E-state index in [0.29, 0.717) is 24.7 Å². The Morgan fingerprint density at radius 1 is 1.17 bits per heavy atom. The van der Waals surface area contributed by atoms with Crippen molar-refractivity contribution in [3.05, 3.63) is 35.4 Å². The maximum absolute atomic E-state index is 12.8. The van der Waals surface area contributed by atoms with Crippen LogP contribution in [0.4, 0.5) is 0 Å². The van der Waals surface area contributed by atoms with E-state index >= 15 is 0 Å². The number of benzene rings is 1. The van der Waals surface area contributed by atoms with Crippen molar-refractivity contribution in [2.75, 3.05) is 13.1 Å². The van der Waals surface area contributed by atoms with Crippen LogP contribution in [-0.2, 0) is 16.0 Å². The van der Waals surface area contributed by atoms with Crippen LogP contribution in [0.25, 0.3) is 0 Å². The van der Waals surface area contributed by atoms with Crippen LogP contribution in [0, 0.1) is 5.92 Å². The maximum atomic E-state index is 12.8. The molecule has 1 fully saturated rings. The summed E-state index contributed by atoms with van der Waals surface area (Å²) in [5, 5.41) is 8.85. The third-order valence-corrected chi connectivity index (χ3v) is 5.55. The second-order valence-corrected chi connectivity index (χ2v) is 7.27. The highest BCUT2D eigenvalue weighted by Gasteiger charge is 2.28. The number of hydrogen-bond acceptors (Lipinski definition) is 2. The van der Waals surface area contributed by atoms with Gasteiger partial charge in [0.05, 0.1) is 0 Å². The first-order valence-corrected chi connectivity index (χ1v) is 9.21. The van der Waals surface area contributed by atoms with Crippen molar-refractivity contribution in [2.45, 2.75) is 57.3 Å². The monoisotopic (exact) mass is 329 g/mol. The third-order valence-electron chi connectivity index (χ3n) is 5.55. The summed E-state index contributed by atoms with van der Waals surface area (Å²) >= 11 is 0. The maximum Gasteiger partial charge on any atom is 0.303 e. The number of carboxylic acid groups (broad SMARTS) is 1. The van der Waals surface area contributed by atoms with E-state index in [4.69, 9.17) is 5.11 Å². The van der Waals surface area contributed by atoms with Gasteiger partial charge in [-0.2, -0.15) is 0 Å². The number of aryl methyl sites for hydroxylation is 1. The number of carbonyl (C=O) groups is 2. The normalized spacial score (nSPS) is 23.6. The van der Waals surface area contributed by atoms with Crippen molar-refractivity contribution in [3.8, 4) is 0 Å². The predicted molar refractivity (Wildman–Crippen MR) is 92.9 cm³/mol. The summed E-state index contributed by atoms with van der Waals surface area (Å²) < 4.78 is 0. The highest BCUT2D eigenvalue weighted by atomic mass is 16.4. The van der Waals surface area contributed by atoms with Gasteiger partial charge in [0.15, 0.2) is 0 Å². The van der Waals surface area contributed by atoms with Crippen molar-refractivity contribution >= 4 is 11.9 Å². The predicted octanol–water partition coefficient (Wildman–Crippen LogP) is 3.60. The average Bonchev–Trinajstić information content (AvgIpc) is 2.60. The molecule has 1 heterocycles. The minimum atomic E-state index is -0.739. The lowest BCUT2D eigenvalue weighted by Crippen LogP contribution is -2.40. The molecule has 24 heavy (non-hydrogen) atoms. The van der Waals surface area contributed by atoms with Gasteiger partial charge in [-0.1, -0.05) is 24.3 Å². The second kappa shape index (κ2) is 7.82. The Kier molecular flexibility index (Phi) is 5.54. The highest BCUT2D eigenvalue weighted by Crippen LogP contribution is 2.34. The van der Waals surface area contributed by atoms with Gasteiger partial charge in [0.2, 0.25) is 5.91 Å². The van der Waals surface area contributed by atoms with Crippen LogP contribution in [0.1, 0.15) is 62.0 Å². The first-order chi connectivity index (χ1) is 11.6. The molecule has 1 N–H and O–H groups in total. The van der Waals surface area contributed by atoms with Gasteiger partial charge >= 0.3 is 5.97 Å². The average molecular weight is 329 g/mol. The van der Waals surface area contributed by atoms with Crippen LogP contribution >= 0.6 is 0 Å². The Labute approximate surface area is 143 Å². The van der Waals surface area contributed by atoms with Gasteiger partial charge in [0.25, 0.3) is 0 Å². The highest BCUT2D eigenvalue weighted by molar-refractivity contribution is 5.77. The molecule has 1 amide bonds. The molecule has 2 atom stereocenters. The zero-order valence-corrected chi connectivity index (χ0v) is 14.2. The molecule has 2 aliphatic rings. The Morgan fingerprint density at radius 3 is 2.83 bits per heavy atom. The first-order valence-electron chi connectivity index (χ1n) is 9.21. The molecule has 0 bridgehead atoms. The fourth-order valence-electron chi connectivity index (χ4n) is 4.26. The van der Waals surface area contributed by atoms with Crippen LogP contribution in [0.15, 0.2) is 24.3 Å². The van der Waals surface area contributed by atoms with E-state index in [1.165, 1.54) is 11.1 Å². The van der Waals surface area contributed by atoms with Crippen LogP contribution in [0.3, 0.4) is 0 Å². The topological polar surface area (TPSA) is 57.6 Å². The van der Waals surface area contributed by atoms with E-state index in [2.05, 4.69) is 24.3 Å². The van der Waals surface area contributed by atoms with Crippen LogP contribution in [0.2, 0.25) is 0 Å². The number of hydrogen-bond donors (Lipinski definition) is 1. The molecular formula is C20H27NO3. The molecule has 1 aliphatic heterocycles. The molecule has 0 spiro atoms. The minimum absolute atomic E-state index is 0.211. The van der Waals surface area contributed by atoms with E-state index < -0.39 is 5.97 Å². The van der Waals surface area contributed by atoms with E-state index in [1.54, 1.807) is 0 Å². The summed E-state index contributed by atoms with van der Waals surface area (Å²) in [6.45, 7) is 1.57.